The number of anilines is 1. The normalized spacial score (nSPS) is 14.3. The van der Waals surface area contributed by atoms with E-state index in [9.17, 15) is 9.18 Å². The lowest BCUT2D eigenvalue weighted by atomic mass is 9.94. The van der Waals surface area contributed by atoms with Crippen molar-refractivity contribution in [3.05, 3.63) is 72.0 Å². The van der Waals surface area contributed by atoms with Crippen molar-refractivity contribution in [3.63, 3.8) is 0 Å². The first kappa shape index (κ1) is 22.1. The van der Waals surface area contributed by atoms with Crippen LogP contribution in [0.4, 0.5) is 10.1 Å². The van der Waals surface area contributed by atoms with Crippen LogP contribution in [-0.2, 0) is 17.8 Å². The van der Waals surface area contributed by atoms with Crippen LogP contribution >= 0.6 is 0 Å². The largest absolute Gasteiger partial charge is 0.441 e. The van der Waals surface area contributed by atoms with E-state index in [1.165, 1.54) is 50.1 Å². The van der Waals surface area contributed by atoms with E-state index in [1.54, 1.807) is 18.2 Å². The van der Waals surface area contributed by atoms with Gasteiger partial charge < -0.3 is 14.6 Å². The van der Waals surface area contributed by atoms with Crippen molar-refractivity contribution >= 4 is 11.6 Å². The molecular formula is C26H30FN3O2. The number of nitrogens with one attached hydrogen (secondary N) is 1. The summed E-state index contributed by atoms with van der Waals surface area (Å²) in [4.78, 5) is 18.8. The van der Waals surface area contributed by atoms with E-state index in [0.29, 0.717) is 36.2 Å². The average Bonchev–Trinajstić information content (AvgIpc) is 3.31. The number of amides is 1. The summed E-state index contributed by atoms with van der Waals surface area (Å²) in [5.74, 6) is 0.369. The predicted octanol–water partition coefficient (Wildman–Crippen LogP) is 5.50. The molecule has 0 aliphatic heterocycles. The molecule has 6 heteroatoms. The van der Waals surface area contributed by atoms with Gasteiger partial charge in [0.2, 0.25) is 5.91 Å². The Bertz CT molecular complexity index is 1030. The fourth-order valence-electron chi connectivity index (χ4n) is 4.25. The Balaban J connectivity index is 1.23. The van der Waals surface area contributed by atoms with E-state index in [1.807, 2.05) is 0 Å². The minimum Gasteiger partial charge on any atom is -0.441 e. The van der Waals surface area contributed by atoms with Crippen LogP contribution in [0.15, 0.2) is 59.1 Å². The van der Waals surface area contributed by atoms with Gasteiger partial charge in [0.25, 0.3) is 0 Å². The average molecular weight is 436 g/mol. The minimum absolute atomic E-state index is 0.0703. The van der Waals surface area contributed by atoms with Crippen LogP contribution in [0.25, 0.3) is 11.3 Å². The van der Waals surface area contributed by atoms with Crippen molar-refractivity contribution in [1.82, 2.24) is 10.3 Å². The van der Waals surface area contributed by atoms with Crippen LogP contribution in [0.2, 0.25) is 0 Å². The number of carbonyl (C=O) groups is 1. The zero-order chi connectivity index (χ0) is 22.3. The first-order valence-corrected chi connectivity index (χ1v) is 11.4. The molecule has 0 bridgehead atoms. The van der Waals surface area contributed by atoms with E-state index in [-0.39, 0.29) is 18.1 Å². The van der Waals surface area contributed by atoms with Crippen LogP contribution in [0, 0.1) is 5.82 Å². The second-order valence-corrected chi connectivity index (χ2v) is 8.44. The Morgan fingerprint density at radius 1 is 1.12 bits per heavy atom. The number of aromatic nitrogens is 1. The zero-order valence-corrected chi connectivity index (χ0v) is 18.5. The summed E-state index contributed by atoms with van der Waals surface area (Å²) in [6.45, 7) is 0.484. The van der Waals surface area contributed by atoms with Gasteiger partial charge in [-0.15, -0.1) is 0 Å². The third-order valence-corrected chi connectivity index (χ3v) is 6.21. The lowest BCUT2D eigenvalue weighted by Crippen LogP contribution is -2.33. The highest BCUT2D eigenvalue weighted by Gasteiger charge is 2.18. The second-order valence-electron chi connectivity index (χ2n) is 8.44. The Labute approximate surface area is 188 Å². The lowest BCUT2D eigenvalue weighted by molar-refractivity contribution is -0.121. The number of rotatable bonds is 8. The maximum Gasteiger partial charge on any atom is 0.220 e. The van der Waals surface area contributed by atoms with E-state index in [0.717, 1.165) is 5.56 Å². The molecule has 1 amide bonds. The fraction of sp³-hybridized carbons (Fsp3) is 0.385. The minimum atomic E-state index is -0.358. The number of oxazole rings is 1. The molecule has 0 saturated heterocycles. The molecule has 3 aromatic rings. The first-order valence-electron chi connectivity index (χ1n) is 11.4. The van der Waals surface area contributed by atoms with Crippen molar-refractivity contribution in [2.24, 2.45) is 0 Å². The smallest absolute Gasteiger partial charge is 0.220 e. The van der Waals surface area contributed by atoms with Crippen LogP contribution in [0.3, 0.4) is 0 Å². The SMILES string of the molecule is CN(c1ccc(CNC(=O)CCc2ncc(-c3ccccc3F)o2)cc1)C1CCCCC1. The lowest BCUT2D eigenvalue weighted by Gasteiger charge is -2.33. The third kappa shape index (κ3) is 5.55. The van der Waals surface area contributed by atoms with E-state index < -0.39 is 0 Å². The van der Waals surface area contributed by atoms with Crippen LogP contribution < -0.4 is 10.2 Å². The quantitative estimate of drug-likeness (QED) is 0.508. The molecular weight excluding hydrogens is 405 g/mol. The molecule has 1 aliphatic carbocycles. The molecule has 1 saturated carbocycles. The van der Waals surface area contributed by atoms with Crippen molar-refractivity contribution in [3.8, 4) is 11.3 Å². The van der Waals surface area contributed by atoms with Crippen LogP contribution in [0.5, 0.6) is 0 Å². The molecule has 4 rings (SSSR count). The maximum absolute atomic E-state index is 13.9. The number of carbonyl (C=O) groups excluding carboxylic acids is 1. The molecule has 0 atom stereocenters. The fourth-order valence-corrected chi connectivity index (χ4v) is 4.25. The molecule has 168 valence electrons. The van der Waals surface area contributed by atoms with Gasteiger partial charge >= 0.3 is 0 Å². The highest BCUT2D eigenvalue weighted by Crippen LogP contribution is 2.26. The Morgan fingerprint density at radius 2 is 1.88 bits per heavy atom. The van der Waals surface area contributed by atoms with Crippen molar-refractivity contribution in [1.29, 1.82) is 0 Å². The molecule has 1 heterocycles. The standard InChI is InChI=1S/C26H30FN3O2/c1-30(20-7-3-2-4-8-20)21-13-11-19(12-14-21)17-28-25(31)15-16-26-29-18-24(32-26)22-9-5-6-10-23(22)27/h5-6,9-14,18,20H,2-4,7-8,15-17H2,1H3,(H,28,31). The predicted molar refractivity (Wildman–Crippen MR) is 124 cm³/mol. The van der Waals surface area contributed by atoms with Crippen molar-refractivity contribution in [2.75, 3.05) is 11.9 Å². The number of benzene rings is 2. The molecule has 1 aromatic heterocycles. The number of hydrogen-bond acceptors (Lipinski definition) is 4. The molecule has 32 heavy (non-hydrogen) atoms. The summed E-state index contributed by atoms with van der Waals surface area (Å²) in [6, 6.07) is 15.4. The number of nitrogens with zero attached hydrogens (tertiary/aromatic N) is 2. The van der Waals surface area contributed by atoms with Crippen molar-refractivity contribution < 1.29 is 13.6 Å². The molecule has 0 spiro atoms. The summed E-state index contributed by atoms with van der Waals surface area (Å²) in [7, 11) is 2.17. The van der Waals surface area contributed by atoms with Crippen molar-refractivity contribution in [2.45, 2.75) is 57.5 Å². The van der Waals surface area contributed by atoms with Crippen LogP contribution in [0.1, 0.15) is 50.0 Å². The third-order valence-electron chi connectivity index (χ3n) is 6.21. The molecule has 1 fully saturated rings. The zero-order valence-electron chi connectivity index (χ0n) is 18.5. The van der Waals surface area contributed by atoms with Gasteiger partial charge in [0.05, 0.1) is 11.8 Å². The monoisotopic (exact) mass is 435 g/mol. The first-order chi connectivity index (χ1) is 15.6. The topological polar surface area (TPSA) is 58.4 Å². The van der Waals surface area contributed by atoms with Gasteiger partial charge in [0.15, 0.2) is 11.7 Å². The number of halogens is 1. The van der Waals surface area contributed by atoms with Gasteiger partial charge in [0, 0.05) is 38.2 Å². The molecule has 0 unspecified atom stereocenters. The van der Waals surface area contributed by atoms with Gasteiger partial charge in [0.1, 0.15) is 5.82 Å². The van der Waals surface area contributed by atoms with Gasteiger partial charge in [-0.25, -0.2) is 9.37 Å². The second kappa shape index (κ2) is 10.4. The van der Waals surface area contributed by atoms with Gasteiger partial charge in [-0.2, -0.15) is 0 Å². The molecule has 2 aromatic carbocycles. The molecule has 1 N–H and O–H groups in total. The summed E-state index contributed by atoms with van der Waals surface area (Å²) in [6.07, 6.45) is 8.64. The summed E-state index contributed by atoms with van der Waals surface area (Å²) < 4.78 is 19.5. The van der Waals surface area contributed by atoms with Gasteiger partial charge in [-0.1, -0.05) is 43.5 Å². The van der Waals surface area contributed by atoms with Gasteiger partial charge in [-0.05, 0) is 42.7 Å². The van der Waals surface area contributed by atoms with Crippen LogP contribution in [-0.4, -0.2) is 24.0 Å². The highest BCUT2D eigenvalue weighted by atomic mass is 19.1. The van der Waals surface area contributed by atoms with E-state index >= 15 is 0 Å². The molecule has 5 nitrogen and oxygen atoms in total. The Hall–Kier alpha value is -3.15. The Kier molecular flexibility index (Phi) is 7.20. The molecule has 1 aliphatic rings. The number of aryl methyl sites for hydroxylation is 1. The molecule has 0 radical (unpaired) electrons. The summed E-state index contributed by atoms with van der Waals surface area (Å²) in [5, 5.41) is 2.95. The number of hydrogen-bond donors (Lipinski definition) is 1. The van der Waals surface area contributed by atoms with Gasteiger partial charge in [-0.3, -0.25) is 4.79 Å². The van der Waals surface area contributed by atoms with E-state index in [2.05, 4.69) is 46.5 Å². The van der Waals surface area contributed by atoms with E-state index in [4.69, 9.17) is 4.42 Å². The highest BCUT2D eigenvalue weighted by molar-refractivity contribution is 5.76. The summed E-state index contributed by atoms with van der Waals surface area (Å²) in [5.41, 5.74) is 2.66. The Morgan fingerprint density at radius 3 is 2.62 bits per heavy atom. The summed E-state index contributed by atoms with van der Waals surface area (Å²) >= 11 is 0. The maximum atomic E-state index is 13.9.